The summed E-state index contributed by atoms with van der Waals surface area (Å²) in [5.74, 6) is 0.620. The van der Waals surface area contributed by atoms with E-state index in [4.69, 9.17) is 4.98 Å². The van der Waals surface area contributed by atoms with E-state index in [0.717, 1.165) is 40.7 Å². The van der Waals surface area contributed by atoms with Gasteiger partial charge in [0, 0.05) is 54.7 Å². The number of aromatic nitrogens is 4. The third-order valence-corrected chi connectivity index (χ3v) is 6.70. The SMILES string of the molecule is CN1CC(N2CCCc3cc(Nc4ncc5ccc(-c6cn[nH]c6)cc5n4)ccc3C2)C1. The fourth-order valence-electron chi connectivity index (χ4n) is 4.87. The maximum Gasteiger partial charge on any atom is 0.227 e. The van der Waals surface area contributed by atoms with Crippen LogP contribution in [0.3, 0.4) is 0 Å². The molecular formula is C25H27N7. The molecule has 4 aromatic rings. The number of nitrogens with one attached hydrogen (secondary N) is 2. The summed E-state index contributed by atoms with van der Waals surface area (Å²) in [6.07, 6.45) is 7.92. The first-order valence-electron chi connectivity index (χ1n) is 11.3. The molecule has 1 saturated heterocycles. The average Bonchev–Trinajstić information content (AvgIpc) is 3.24. The Morgan fingerprint density at radius 1 is 1.03 bits per heavy atom. The van der Waals surface area contributed by atoms with E-state index in [0.29, 0.717) is 12.0 Å². The molecule has 7 nitrogen and oxygen atoms in total. The lowest BCUT2D eigenvalue weighted by Crippen LogP contribution is -2.57. The topological polar surface area (TPSA) is 73.0 Å². The molecule has 2 aromatic heterocycles. The first kappa shape index (κ1) is 19.4. The normalized spacial score (nSPS) is 17.7. The average molecular weight is 426 g/mol. The zero-order valence-corrected chi connectivity index (χ0v) is 18.3. The van der Waals surface area contributed by atoms with Crippen LogP contribution in [0, 0.1) is 0 Å². The molecule has 7 heteroatoms. The number of fused-ring (bicyclic) bond motifs is 2. The summed E-state index contributed by atoms with van der Waals surface area (Å²) in [5, 5.41) is 11.4. The maximum atomic E-state index is 4.77. The number of likely N-dealkylation sites (N-methyl/N-ethyl adjacent to an activating group) is 1. The van der Waals surface area contributed by atoms with E-state index in [-0.39, 0.29) is 0 Å². The van der Waals surface area contributed by atoms with Gasteiger partial charge in [-0.1, -0.05) is 18.2 Å². The summed E-state index contributed by atoms with van der Waals surface area (Å²) in [4.78, 5) is 14.3. The highest BCUT2D eigenvalue weighted by Crippen LogP contribution is 2.27. The summed E-state index contributed by atoms with van der Waals surface area (Å²) in [5.41, 5.74) is 6.99. The van der Waals surface area contributed by atoms with Gasteiger partial charge in [-0.15, -0.1) is 0 Å². The zero-order chi connectivity index (χ0) is 21.5. The molecule has 32 heavy (non-hydrogen) atoms. The van der Waals surface area contributed by atoms with E-state index >= 15 is 0 Å². The molecular weight excluding hydrogens is 398 g/mol. The molecule has 2 aliphatic heterocycles. The van der Waals surface area contributed by atoms with Crippen LogP contribution in [0.4, 0.5) is 11.6 Å². The number of benzene rings is 2. The smallest absolute Gasteiger partial charge is 0.227 e. The van der Waals surface area contributed by atoms with Gasteiger partial charge >= 0.3 is 0 Å². The van der Waals surface area contributed by atoms with E-state index in [9.17, 15) is 0 Å². The van der Waals surface area contributed by atoms with E-state index in [1.807, 2.05) is 18.6 Å². The second kappa shape index (κ2) is 8.00. The number of hydrogen-bond donors (Lipinski definition) is 2. The molecule has 0 radical (unpaired) electrons. The Bertz CT molecular complexity index is 1240. The van der Waals surface area contributed by atoms with Crippen LogP contribution in [0.5, 0.6) is 0 Å². The molecule has 0 bridgehead atoms. The molecule has 6 rings (SSSR count). The lowest BCUT2D eigenvalue weighted by Gasteiger charge is -2.43. The number of likely N-dealkylation sites (tertiary alicyclic amines) is 1. The van der Waals surface area contributed by atoms with Gasteiger partial charge in [-0.2, -0.15) is 5.10 Å². The molecule has 0 atom stereocenters. The van der Waals surface area contributed by atoms with Crippen LogP contribution in [0.2, 0.25) is 0 Å². The number of H-pyrrole nitrogens is 1. The molecule has 0 spiro atoms. The highest BCUT2D eigenvalue weighted by Gasteiger charge is 2.30. The fourth-order valence-corrected chi connectivity index (χ4v) is 4.87. The Kier molecular flexibility index (Phi) is 4.85. The molecule has 0 amide bonds. The Morgan fingerprint density at radius 2 is 1.97 bits per heavy atom. The summed E-state index contributed by atoms with van der Waals surface area (Å²) < 4.78 is 0. The van der Waals surface area contributed by atoms with Gasteiger partial charge in [-0.05, 0) is 61.3 Å². The van der Waals surface area contributed by atoms with E-state index in [1.54, 1.807) is 0 Å². The van der Waals surface area contributed by atoms with Crippen molar-refractivity contribution < 1.29 is 0 Å². The highest BCUT2D eigenvalue weighted by atomic mass is 15.3. The molecule has 2 aromatic carbocycles. The van der Waals surface area contributed by atoms with Crippen LogP contribution in [0.15, 0.2) is 55.0 Å². The lowest BCUT2D eigenvalue weighted by molar-refractivity contribution is 0.0480. The van der Waals surface area contributed by atoms with Crippen molar-refractivity contribution in [3.63, 3.8) is 0 Å². The summed E-state index contributed by atoms with van der Waals surface area (Å²) in [6, 6.07) is 13.6. The van der Waals surface area contributed by atoms with Gasteiger partial charge in [0.25, 0.3) is 0 Å². The van der Waals surface area contributed by atoms with Crippen LogP contribution in [0.1, 0.15) is 17.5 Å². The van der Waals surface area contributed by atoms with Gasteiger partial charge in [0.15, 0.2) is 0 Å². The Labute approximate surface area is 187 Å². The van der Waals surface area contributed by atoms with Gasteiger partial charge in [0.2, 0.25) is 5.95 Å². The van der Waals surface area contributed by atoms with Crippen LogP contribution in [-0.2, 0) is 13.0 Å². The third kappa shape index (κ3) is 3.74. The zero-order valence-electron chi connectivity index (χ0n) is 18.3. The van der Waals surface area contributed by atoms with Gasteiger partial charge in [-0.3, -0.25) is 10.00 Å². The van der Waals surface area contributed by atoms with Crippen LogP contribution < -0.4 is 5.32 Å². The number of rotatable bonds is 4. The van der Waals surface area contributed by atoms with Crippen LogP contribution >= 0.6 is 0 Å². The van der Waals surface area contributed by atoms with E-state index in [2.05, 4.69) is 73.7 Å². The minimum absolute atomic E-state index is 0.620. The highest BCUT2D eigenvalue weighted by molar-refractivity contribution is 5.84. The van der Waals surface area contributed by atoms with Crippen molar-refractivity contribution in [3.8, 4) is 11.1 Å². The molecule has 0 unspecified atom stereocenters. The Hall–Kier alpha value is -3.29. The minimum Gasteiger partial charge on any atom is -0.324 e. The molecule has 0 saturated carbocycles. The van der Waals surface area contributed by atoms with Crippen molar-refractivity contribution in [1.29, 1.82) is 0 Å². The van der Waals surface area contributed by atoms with Crippen LogP contribution in [0.25, 0.3) is 22.0 Å². The standard InChI is InChI=1S/C25H27N7/c1-31-15-23(16-31)32-8-2-3-17-9-22(7-6-20(17)14-32)29-25-26-11-19-5-4-18(10-24(19)30-25)21-12-27-28-13-21/h4-7,9-13,23H,2-3,8,14-16H2,1H3,(H,27,28)(H,26,29,30). The van der Waals surface area contributed by atoms with E-state index < -0.39 is 0 Å². The Morgan fingerprint density at radius 3 is 2.81 bits per heavy atom. The first-order valence-corrected chi connectivity index (χ1v) is 11.3. The van der Waals surface area contributed by atoms with Gasteiger partial charge in [0.1, 0.15) is 0 Å². The second-order valence-electron chi connectivity index (χ2n) is 9.01. The van der Waals surface area contributed by atoms with Crippen molar-refractivity contribution in [2.45, 2.75) is 25.4 Å². The molecule has 0 aliphatic carbocycles. The van der Waals surface area contributed by atoms with Crippen molar-refractivity contribution in [2.75, 3.05) is 32.0 Å². The fraction of sp³-hybridized carbons (Fsp3) is 0.320. The van der Waals surface area contributed by atoms with Gasteiger partial charge in [-0.25, -0.2) is 9.97 Å². The molecule has 4 heterocycles. The number of aryl methyl sites for hydroxylation is 1. The third-order valence-electron chi connectivity index (χ3n) is 6.70. The monoisotopic (exact) mass is 425 g/mol. The number of hydrogen-bond acceptors (Lipinski definition) is 6. The van der Waals surface area contributed by atoms with Crippen molar-refractivity contribution in [2.24, 2.45) is 0 Å². The second-order valence-corrected chi connectivity index (χ2v) is 9.01. The predicted molar refractivity (Wildman–Crippen MR) is 127 cm³/mol. The molecule has 162 valence electrons. The largest absolute Gasteiger partial charge is 0.324 e. The number of aromatic amines is 1. The first-order chi connectivity index (χ1) is 15.7. The van der Waals surface area contributed by atoms with Gasteiger partial charge < -0.3 is 10.2 Å². The lowest BCUT2D eigenvalue weighted by atomic mass is 10.0. The number of anilines is 2. The summed E-state index contributed by atoms with van der Waals surface area (Å²) >= 11 is 0. The quantitative estimate of drug-likeness (QED) is 0.518. The maximum absolute atomic E-state index is 4.77. The molecule has 1 fully saturated rings. The van der Waals surface area contributed by atoms with Crippen molar-refractivity contribution >= 4 is 22.5 Å². The molecule has 2 aliphatic rings. The minimum atomic E-state index is 0.620. The Balaban J connectivity index is 1.23. The van der Waals surface area contributed by atoms with Crippen molar-refractivity contribution in [3.05, 3.63) is 66.1 Å². The van der Waals surface area contributed by atoms with Crippen LogP contribution in [-0.4, -0.2) is 62.7 Å². The molecule has 2 N–H and O–H groups in total. The summed E-state index contributed by atoms with van der Waals surface area (Å²) in [7, 11) is 2.20. The van der Waals surface area contributed by atoms with Crippen molar-refractivity contribution in [1.82, 2.24) is 30.0 Å². The van der Waals surface area contributed by atoms with E-state index in [1.165, 1.54) is 37.2 Å². The van der Waals surface area contributed by atoms with Gasteiger partial charge in [0.05, 0.1) is 11.7 Å². The summed E-state index contributed by atoms with van der Waals surface area (Å²) in [6.45, 7) is 4.62. The number of nitrogens with zero attached hydrogens (tertiary/aromatic N) is 5. The predicted octanol–water partition coefficient (Wildman–Crippen LogP) is 3.83.